The van der Waals surface area contributed by atoms with E-state index in [0.717, 1.165) is 157 Å². The molecule has 0 radical (unpaired) electrons. The lowest BCUT2D eigenvalue weighted by Gasteiger charge is -2.22. The van der Waals surface area contributed by atoms with E-state index in [-0.39, 0.29) is 0 Å². The van der Waals surface area contributed by atoms with Gasteiger partial charge in [0.1, 0.15) is 0 Å². The minimum absolute atomic E-state index is 0.736. The third-order valence-electron chi connectivity index (χ3n) is 11.6. The van der Waals surface area contributed by atoms with Gasteiger partial charge in [-0.15, -0.1) is 70.4 Å². The normalized spacial score (nSPS) is 9.48. The molecule has 0 fully saturated rings. The van der Waals surface area contributed by atoms with Gasteiger partial charge in [0.2, 0.25) is 0 Å². The molecule has 526 valence electrons. The Kier molecular flexibility index (Phi) is 113. The maximum absolute atomic E-state index is 5.28. The van der Waals surface area contributed by atoms with Crippen LogP contribution in [0.25, 0.3) is 0 Å². The lowest BCUT2D eigenvalue weighted by molar-refractivity contribution is 0.297. The summed E-state index contributed by atoms with van der Waals surface area (Å²) in [6.07, 6.45) is 39.3. The second-order valence-corrected chi connectivity index (χ2v) is 22.3. The maximum Gasteiger partial charge on any atom is 0.0601 e. The number of likely N-dealkylation sites (N-methyl/N-ethyl adjacent to an activating group) is 2. The van der Waals surface area contributed by atoms with Crippen molar-refractivity contribution in [3.63, 3.8) is 0 Å². The zero-order valence-corrected chi connectivity index (χ0v) is 64.5. The second-order valence-electron chi connectivity index (χ2n) is 22.3. The molecule has 91 heavy (non-hydrogen) atoms. The average Bonchev–Trinajstić information content (AvgIpc) is 3.62. The molecule has 0 aliphatic heterocycles. The molecule has 0 aliphatic carbocycles. The summed E-state index contributed by atoms with van der Waals surface area (Å²) >= 11 is 0. The Morgan fingerprint density at radius 2 is 0.593 bits per heavy atom. The lowest BCUT2D eigenvalue weighted by Crippen LogP contribution is -2.28. The molecule has 0 atom stereocenters. The van der Waals surface area contributed by atoms with E-state index in [1.54, 1.807) is 0 Å². The van der Waals surface area contributed by atoms with Crippen LogP contribution in [0.1, 0.15) is 155 Å². The summed E-state index contributed by atoms with van der Waals surface area (Å²) in [4.78, 5) is 22.0. The van der Waals surface area contributed by atoms with Gasteiger partial charge in [0.15, 0.2) is 0 Å². The lowest BCUT2D eigenvalue weighted by atomic mass is 10.2. The molecule has 0 bridgehead atoms. The van der Waals surface area contributed by atoms with Crippen molar-refractivity contribution in [3.05, 3.63) is 99.7 Å². The maximum atomic E-state index is 5.28. The van der Waals surface area contributed by atoms with Crippen LogP contribution in [0.15, 0.2) is 99.7 Å². The molecule has 0 saturated carbocycles. The molecule has 0 spiro atoms. The molecule has 0 unspecified atom stereocenters. The number of nitrogens with zero attached hydrogens (tertiary/aromatic N) is 10. The first-order chi connectivity index (χ1) is 43.3. The zero-order valence-electron chi connectivity index (χ0n) is 64.5. The quantitative estimate of drug-likeness (QED) is 0.0440. The van der Waals surface area contributed by atoms with E-state index < -0.39 is 0 Å². The Morgan fingerprint density at radius 1 is 0.308 bits per heavy atom. The van der Waals surface area contributed by atoms with E-state index >= 15 is 0 Å². The highest BCUT2D eigenvalue weighted by Crippen LogP contribution is 2.04. The van der Waals surface area contributed by atoms with Crippen molar-refractivity contribution in [2.45, 2.75) is 155 Å². The number of unbranched alkanes of at least 4 members (excludes halogenated alkanes) is 2. The summed E-state index contributed by atoms with van der Waals surface area (Å²) in [7, 11) is 12.0. The molecule has 0 aromatic heterocycles. The van der Waals surface area contributed by atoms with Crippen LogP contribution in [0.2, 0.25) is 0 Å². The minimum Gasteiger partial charge on any atom is -0.306 e. The number of hydrogen-bond donors (Lipinski definition) is 0. The van der Waals surface area contributed by atoms with Crippen molar-refractivity contribution < 1.29 is 0 Å². The van der Waals surface area contributed by atoms with Crippen molar-refractivity contribution in [1.82, 2.24) is 49.0 Å². The summed E-state index contributed by atoms with van der Waals surface area (Å²) in [5.74, 6) is 22.6. The number of rotatable bonds is 38. The molecular weight excluding hydrogens is 1110 g/mol. The van der Waals surface area contributed by atoms with Gasteiger partial charge in [0.05, 0.1) is 39.3 Å². The predicted molar refractivity (Wildman–Crippen MR) is 422 cm³/mol. The van der Waals surface area contributed by atoms with Crippen LogP contribution >= 0.6 is 0 Å². The van der Waals surface area contributed by atoms with Gasteiger partial charge in [-0.3, -0.25) is 39.2 Å². The van der Waals surface area contributed by atoms with Crippen LogP contribution in [0, 0.1) is 73.1 Å². The largest absolute Gasteiger partial charge is 0.306 e. The van der Waals surface area contributed by atoms with E-state index in [1.165, 1.54) is 68.3 Å². The fourth-order valence-corrected chi connectivity index (χ4v) is 7.04. The first-order valence-electron chi connectivity index (χ1n) is 33.9. The third kappa shape index (κ3) is 119. The van der Waals surface area contributed by atoms with E-state index in [1.807, 2.05) is 98.3 Å². The summed E-state index contributed by atoms with van der Waals surface area (Å²) in [5.41, 5.74) is 3.55. The van der Waals surface area contributed by atoms with Gasteiger partial charge in [0, 0.05) is 65.2 Å². The van der Waals surface area contributed by atoms with Crippen LogP contribution in [0.3, 0.4) is 0 Å². The zero-order chi connectivity index (χ0) is 72.3. The standard InChI is InChI=1S/C12H21N.C11H21N.2C9H17N.C9H15N.C7H13N.C7H15N.C7H13N.C5H11N.C5H9N/c1-10(2)7-13(8-11(3)4)9-12(5)6;1-4-7-10-12(9-6-3)11-8-5-2;1-4-7-8-9-10(5-2)6-3;2*1-4-7-10(8-5-2)9-6-3;1-4-5-6-7-8(2)3;2*1-4-7-8(5-2)6-3;2*1-4-5-6(2)3/h1,3,5,7-9H2,2,4,6H3;3H,4-5,7-11H2,1-2H3;4-6,9H2,1-3H3;1H,5-9H2,2-3H3;4-6H,1-3,7-9H2;4,7H2,1-3H3;4H,1,5-7H2,2-3H3;1H,5-7H2,2-3H3;4H,1,5H2,2-3H3;1H,5H2,2-3H3. The second kappa shape index (κ2) is 96.0. The predicted octanol–water partition coefficient (Wildman–Crippen LogP) is 15.2. The van der Waals surface area contributed by atoms with E-state index in [0.29, 0.717) is 0 Å². The van der Waals surface area contributed by atoms with Crippen molar-refractivity contribution in [1.29, 1.82) is 0 Å². The van der Waals surface area contributed by atoms with Crippen LogP contribution in [0.5, 0.6) is 0 Å². The minimum atomic E-state index is 0.736. The van der Waals surface area contributed by atoms with E-state index in [9.17, 15) is 0 Å². The highest BCUT2D eigenvalue weighted by Gasteiger charge is 2.05. The molecule has 0 heterocycles. The molecule has 0 rings (SSSR count). The van der Waals surface area contributed by atoms with Crippen LogP contribution in [-0.2, 0) is 0 Å². The van der Waals surface area contributed by atoms with Gasteiger partial charge in [-0.05, 0) is 154 Å². The molecule has 0 aliphatic rings. The molecule has 0 amide bonds. The smallest absolute Gasteiger partial charge is 0.0601 e. The number of hydrogen-bond acceptors (Lipinski definition) is 10. The first-order valence-corrected chi connectivity index (χ1v) is 33.9. The molecule has 10 nitrogen and oxygen atoms in total. The van der Waals surface area contributed by atoms with Gasteiger partial charge < -0.3 is 9.80 Å². The third-order valence-corrected chi connectivity index (χ3v) is 11.6. The van der Waals surface area contributed by atoms with Crippen molar-refractivity contribution in [2.75, 3.05) is 199 Å². The molecular formula is C81H152N10. The van der Waals surface area contributed by atoms with Gasteiger partial charge in [-0.2, -0.15) is 0 Å². The topological polar surface area (TPSA) is 32.4 Å². The van der Waals surface area contributed by atoms with Crippen molar-refractivity contribution in [3.8, 4) is 73.1 Å². The fraction of sp³-hybridized carbons (Fsp3) is 0.654. The number of terminal acetylenes is 4. The summed E-state index contributed by atoms with van der Waals surface area (Å²) in [6, 6.07) is 0. The van der Waals surface area contributed by atoms with Crippen molar-refractivity contribution >= 4 is 0 Å². The highest BCUT2D eigenvalue weighted by molar-refractivity contribution is 5.03. The fourth-order valence-electron chi connectivity index (χ4n) is 7.04. The molecule has 10 heteroatoms. The Hall–Kier alpha value is -5.12. The Morgan fingerprint density at radius 3 is 0.791 bits per heavy atom. The Bertz CT molecular complexity index is 1810. The summed E-state index contributed by atoms with van der Waals surface area (Å²) in [5, 5.41) is 0. The van der Waals surface area contributed by atoms with Gasteiger partial charge in [0.25, 0.3) is 0 Å². The SMILES string of the molecule is C#CCN(C)C.C#CCN(CC)CC.C#CCN(CCC)CCC.C#CCN(CCCC)CCCC.C=C(C)CN(CC(=C)C)CC(=C)C.C=CCN(C)C.C=CCN(CC)CC.C=CCN(CC=C)CC=C.CCC#CCN(C)C.CCC#CCN(CC)CC. The molecule has 0 aromatic rings. The summed E-state index contributed by atoms with van der Waals surface area (Å²) in [6.45, 7) is 85.5. The van der Waals surface area contributed by atoms with Crippen LogP contribution < -0.4 is 0 Å². The van der Waals surface area contributed by atoms with Crippen molar-refractivity contribution in [2.24, 2.45) is 0 Å². The Labute approximate surface area is 573 Å². The van der Waals surface area contributed by atoms with E-state index in [2.05, 4.69) is 227 Å². The van der Waals surface area contributed by atoms with Gasteiger partial charge >= 0.3 is 0 Å². The first kappa shape index (κ1) is 107. The Balaban J connectivity index is -0.000000101. The van der Waals surface area contributed by atoms with E-state index in [4.69, 9.17) is 25.7 Å². The van der Waals surface area contributed by atoms with Gasteiger partial charge in [-0.25, -0.2) is 0 Å². The monoisotopic (exact) mass is 1270 g/mol. The molecule has 0 N–H and O–H groups in total. The van der Waals surface area contributed by atoms with Gasteiger partial charge in [-0.1, -0.05) is 198 Å². The average molecular weight is 1270 g/mol. The molecule has 0 saturated heterocycles. The van der Waals surface area contributed by atoms with Crippen LogP contribution in [0.4, 0.5) is 0 Å². The molecule has 0 aromatic carbocycles. The highest BCUT2D eigenvalue weighted by atomic mass is 15.1. The summed E-state index contributed by atoms with van der Waals surface area (Å²) < 4.78 is 0. The van der Waals surface area contributed by atoms with Crippen LogP contribution in [-0.4, -0.2) is 248 Å².